The maximum Gasteiger partial charge on any atom is 0.124 e. The molecular weight excluding hydrogens is 186 g/mol. The Kier molecular flexibility index (Phi) is 1.85. The van der Waals surface area contributed by atoms with Crippen LogP contribution in [0.3, 0.4) is 0 Å². The van der Waals surface area contributed by atoms with Crippen LogP contribution in [0.1, 0.15) is 30.5 Å². The molecule has 2 aliphatic rings. The van der Waals surface area contributed by atoms with Crippen molar-refractivity contribution < 1.29 is 0 Å². The Morgan fingerprint density at radius 1 is 1.47 bits per heavy atom. The first-order valence-electron chi connectivity index (χ1n) is 5.94. The summed E-state index contributed by atoms with van der Waals surface area (Å²) in [5.41, 5.74) is 8.35. The van der Waals surface area contributed by atoms with E-state index in [1.807, 2.05) is 11.7 Å². The summed E-state index contributed by atoms with van der Waals surface area (Å²) in [6.07, 6.45) is 5.49. The van der Waals surface area contributed by atoms with Gasteiger partial charge in [-0.3, -0.25) is 4.68 Å². The Balaban J connectivity index is 1.78. The highest BCUT2D eigenvalue weighted by Crippen LogP contribution is 2.56. The molecule has 15 heavy (non-hydrogen) atoms. The summed E-state index contributed by atoms with van der Waals surface area (Å²) in [6.45, 7) is 2.09. The van der Waals surface area contributed by atoms with E-state index in [1.165, 1.54) is 30.5 Å². The summed E-state index contributed by atoms with van der Waals surface area (Å²) in [5.74, 6) is 3.81. The Labute approximate surface area is 90.7 Å². The number of aryl methyl sites for hydroxylation is 1. The molecule has 0 aromatic carbocycles. The molecule has 3 rings (SSSR count). The van der Waals surface area contributed by atoms with Gasteiger partial charge in [-0.2, -0.15) is 5.10 Å². The van der Waals surface area contributed by atoms with Crippen molar-refractivity contribution in [3.63, 3.8) is 0 Å². The number of hydrogen-bond donors (Lipinski definition) is 1. The first-order valence-corrected chi connectivity index (χ1v) is 5.94. The van der Waals surface area contributed by atoms with Crippen LogP contribution in [-0.2, 0) is 13.5 Å². The van der Waals surface area contributed by atoms with E-state index in [4.69, 9.17) is 5.73 Å². The number of rotatable bonds is 2. The Bertz CT molecular complexity index is 394. The van der Waals surface area contributed by atoms with Gasteiger partial charge in [0, 0.05) is 12.6 Å². The third-order valence-electron chi connectivity index (χ3n) is 4.38. The second-order valence-electron chi connectivity index (χ2n) is 5.28. The maximum absolute atomic E-state index is 5.92. The highest BCUT2D eigenvalue weighted by molar-refractivity contribution is 5.42. The zero-order valence-electron chi connectivity index (χ0n) is 9.53. The molecule has 0 radical (unpaired) electrons. The van der Waals surface area contributed by atoms with Crippen molar-refractivity contribution in [2.75, 3.05) is 5.73 Å². The van der Waals surface area contributed by atoms with Crippen molar-refractivity contribution in [2.45, 2.75) is 32.6 Å². The molecule has 2 fully saturated rings. The lowest BCUT2D eigenvalue weighted by Crippen LogP contribution is -2.05. The lowest BCUT2D eigenvalue weighted by Gasteiger charge is -2.09. The molecule has 3 nitrogen and oxygen atoms in total. The average molecular weight is 205 g/mol. The average Bonchev–Trinajstić information content (AvgIpc) is 2.85. The third kappa shape index (κ3) is 1.36. The monoisotopic (exact) mass is 205 g/mol. The van der Waals surface area contributed by atoms with Crippen LogP contribution >= 0.6 is 0 Å². The minimum absolute atomic E-state index is 0.829. The van der Waals surface area contributed by atoms with Gasteiger partial charge in [0.2, 0.25) is 0 Å². The molecule has 0 amide bonds. The van der Waals surface area contributed by atoms with Crippen LogP contribution in [0.15, 0.2) is 0 Å². The summed E-state index contributed by atoms with van der Waals surface area (Å²) in [7, 11) is 1.93. The lowest BCUT2D eigenvalue weighted by molar-refractivity contribution is 0.469. The first kappa shape index (κ1) is 9.25. The number of nitrogens with zero attached hydrogens (tertiary/aromatic N) is 2. The molecule has 0 saturated heterocycles. The normalized spacial score (nSPS) is 33.1. The molecule has 2 saturated carbocycles. The van der Waals surface area contributed by atoms with Gasteiger partial charge in [0.15, 0.2) is 0 Å². The number of nitrogens with two attached hydrogens (primary N) is 1. The number of fused-ring (bicyclic) bond motifs is 1. The fourth-order valence-electron chi connectivity index (χ4n) is 3.22. The number of aromatic nitrogens is 2. The molecule has 3 atom stereocenters. The summed E-state index contributed by atoms with van der Waals surface area (Å²) in [6, 6.07) is 0. The quantitative estimate of drug-likeness (QED) is 0.801. The zero-order valence-corrected chi connectivity index (χ0v) is 9.53. The summed E-state index contributed by atoms with van der Waals surface area (Å²) < 4.78 is 1.81. The molecular formula is C12H19N3. The van der Waals surface area contributed by atoms with Crippen LogP contribution in [0.5, 0.6) is 0 Å². The fourth-order valence-corrected chi connectivity index (χ4v) is 3.22. The summed E-state index contributed by atoms with van der Waals surface area (Å²) in [4.78, 5) is 0. The minimum Gasteiger partial charge on any atom is -0.384 e. The largest absolute Gasteiger partial charge is 0.384 e. The molecule has 1 aromatic rings. The summed E-state index contributed by atoms with van der Waals surface area (Å²) in [5, 5.41) is 4.52. The molecule has 0 aliphatic heterocycles. The third-order valence-corrected chi connectivity index (χ3v) is 4.38. The molecule has 3 heteroatoms. The van der Waals surface area contributed by atoms with Gasteiger partial charge in [-0.15, -0.1) is 0 Å². The molecule has 2 N–H and O–H groups in total. The van der Waals surface area contributed by atoms with Crippen molar-refractivity contribution >= 4 is 5.82 Å². The second kappa shape index (κ2) is 3.00. The molecule has 0 bridgehead atoms. The number of anilines is 1. The van der Waals surface area contributed by atoms with E-state index in [0.29, 0.717) is 0 Å². The highest BCUT2D eigenvalue weighted by atomic mass is 15.3. The Morgan fingerprint density at radius 2 is 2.27 bits per heavy atom. The lowest BCUT2D eigenvalue weighted by atomic mass is 9.96. The molecule has 0 spiro atoms. The van der Waals surface area contributed by atoms with Gasteiger partial charge in [-0.25, -0.2) is 0 Å². The molecule has 1 heterocycles. The number of hydrogen-bond acceptors (Lipinski definition) is 2. The van der Waals surface area contributed by atoms with E-state index in [9.17, 15) is 0 Å². The second-order valence-corrected chi connectivity index (χ2v) is 5.28. The van der Waals surface area contributed by atoms with Gasteiger partial charge in [-0.1, -0.05) is 0 Å². The van der Waals surface area contributed by atoms with Crippen LogP contribution in [-0.4, -0.2) is 9.78 Å². The van der Waals surface area contributed by atoms with E-state index in [-0.39, 0.29) is 0 Å². The standard InChI is InChI=1S/C12H19N3/c1-7-11(14-15(2)12(7)13)6-9-4-3-8-5-10(8)9/h8-10H,3-6,13H2,1-2H3. The van der Waals surface area contributed by atoms with Crippen molar-refractivity contribution in [3.05, 3.63) is 11.3 Å². The molecule has 82 valence electrons. The Morgan fingerprint density at radius 3 is 2.73 bits per heavy atom. The SMILES string of the molecule is Cc1c(CC2CCC3CC23)nn(C)c1N. The molecule has 2 aliphatic carbocycles. The van der Waals surface area contributed by atoms with Crippen LogP contribution in [0.25, 0.3) is 0 Å². The van der Waals surface area contributed by atoms with Gasteiger partial charge >= 0.3 is 0 Å². The van der Waals surface area contributed by atoms with E-state index >= 15 is 0 Å². The Hall–Kier alpha value is -0.990. The van der Waals surface area contributed by atoms with E-state index in [1.54, 1.807) is 0 Å². The number of nitrogen functional groups attached to an aromatic ring is 1. The molecule has 1 aromatic heterocycles. The van der Waals surface area contributed by atoms with E-state index in [0.717, 1.165) is 30.0 Å². The van der Waals surface area contributed by atoms with Gasteiger partial charge in [0.05, 0.1) is 5.69 Å². The van der Waals surface area contributed by atoms with Crippen LogP contribution in [0.4, 0.5) is 5.82 Å². The van der Waals surface area contributed by atoms with Gasteiger partial charge in [0.1, 0.15) is 5.82 Å². The fraction of sp³-hybridized carbons (Fsp3) is 0.750. The first-order chi connectivity index (χ1) is 7.16. The predicted molar refractivity (Wildman–Crippen MR) is 60.4 cm³/mol. The van der Waals surface area contributed by atoms with Crippen molar-refractivity contribution in [3.8, 4) is 0 Å². The topological polar surface area (TPSA) is 43.8 Å². The van der Waals surface area contributed by atoms with Crippen molar-refractivity contribution in [1.82, 2.24) is 9.78 Å². The zero-order chi connectivity index (χ0) is 10.6. The van der Waals surface area contributed by atoms with Crippen molar-refractivity contribution in [1.29, 1.82) is 0 Å². The van der Waals surface area contributed by atoms with Crippen LogP contribution < -0.4 is 5.73 Å². The summed E-state index contributed by atoms with van der Waals surface area (Å²) >= 11 is 0. The van der Waals surface area contributed by atoms with Gasteiger partial charge in [0.25, 0.3) is 0 Å². The van der Waals surface area contributed by atoms with E-state index in [2.05, 4.69) is 12.0 Å². The smallest absolute Gasteiger partial charge is 0.124 e. The minimum atomic E-state index is 0.829. The van der Waals surface area contributed by atoms with Crippen molar-refractivity contribution in [2.24, 2.45) is 24.8 Å². The van der Waals surface area contributed by atoms with Crippen LogP contribution in [0.2, 0.25) is 0 Å². The van der Waals surface area contributed by atoms with Gasteiger partial charge < -0.3 is 5.73 Å². The maximum atomic E-state index is 5.92. The van der Waals surface area contributed by atoms with E-state index < -0.39 is 0 Å². The molecule has 3 unspecified atom stereocenters. The van der Waals surface area contributed by atoms with Gasteiger partial charge in [-0.05, 0) is 50.4 Å². The predicted octanol–water partition coefficient (Wildman–Crippen LogP) is 1.90. The highest BCUT2D eigenvalue weighted by Gasteiger charge is 2.47. The van der Waals surface area contributed by atoms with Crippen LogP contribution in [0, 0.1) is 24.7 Å².